The normalized spacial score (nSPS) is 34.4. The van der Waals surface area contributed by atoms with Crippen molar-refractivity contribution in [3.05, 3.63) is 155 Å². The summed E-state index contributed by atoms with van der Waals surface area (Å²) in [6.45, 7) is 29.9. The van der Waals surface area contributed by atoms with Gasteiger partial charge in [0.15, 0.2) is 12.6 Å². The Kier molecular flexibility index (Phi) is 25.1. The standard InChI is InChI=1S/C62H92O12/c1-39(19-15-21-41(3)25-33-49-45(7)27-31-47(61(49,9)10)29-23-43(5)37-71-59-57(69)55(67)53(65)51(35-63)73-59)17-13-14-18-40(2)20-16-22-42(4)26-34-50-46(8)28-32-48(62(50,11)12)30-24-44(6)38-72-60-58(70)56(68)54(66)52(36-64)74-60/h13-26,33-34,47-60,63-70H,7-8,27-32,35-38H2,1-6,9-12H3/b14-13+,19-15+,20-16+,33-25+,34-26+,39-17+,40-18+,41-21+,42-22+,43-23+,44-24+/t47-,48-,49+,50+,51+,52+,53+,54+,55-,56-,57+,58+,59+,60+/m0/s1. The lowest BCUT2D eigenvalue weighted by Crippen LogP contribution is -2.59. The van der Waals surface area contributed by atoms with Crippen LogP contribution in [0.4, 0.5) is 0 Å². The van der Waals surface area contributed by atoms with Crippen LogP contribution >= 0.6 is 0 Å². The van der Waals surface area contributed by atoms with Gasteiger partial charge in [-0.25, -0.2) is 0 Å². The van der Waals surface area contributed by atoms with Gasteiger partial charge in [-0.3, -0.25) is 0 Å². The van der Waals surface area contributed by atoms with Crippen LogP contribution in [0.2, 0.25) is 0 Å². The summed E-state index contributed by atoms with van der Waals surface area (Å²) >= 11 is 0. The Morgan fingerprint density at radius 1 is 0.514 bits per heavy atom. The first-order chi connectivity index (χ1) is 34.9. The van der Waals surface area contributed by atoms with E-state index < -0.39 is 74.6 Å². The predicted octanol–water partition coefficient (Wildman–Crippen LogP) is 9.08. The van der Waals surface area contributed by atoms with Crippen molar-refractivity contribution in [1.29, 1.82) is 0 Å². The molecule has 0 aromatic carbocycles. The number of hydrogen-bond donors (Lipinski definition) is 8. The third-order valence-electron chi connectivity index (χ3n) is 15.7. The summed E-state index contributed by atoms with van der Waals surface area (Å²) in [6, 6.07) is 0. The number of aliphatic hydroxyl groups excluding tert-OH is 8. The lowest BCUT2D eigenvalue weighted by atomic mass is 9.59. The lowest BCUT2D eigenvalue weighted by molar-refractivity contribution is -0.299. The largest absolute Gasteiger partial charge is 0.394 e. The Morgan fingerprint density at radius 3 is 1.20 bits per heavy atom. The van der Waals surface area contributed by atoms with Gasteiger partial charge in [-0.1, -0.05) is 183 Å². The molecule has 2 saturated heterocycles. The topological polar surface area (TPSA) is 199 Å². The van der Waals surface area contributed by atoms with E-state index in [0.29, 0.717) is 11.8 Å². The molecule has 2 aliphatic heterocycles. The molecular formula is C62H92O12. The maximum Gasteiger partial charge on any atom is 0.187 e. The number of hydrogen-bond acceptors (Lipinski definition) is 12. The van der Waals surface area contributed by atoms with Gasteiger partial charge in [0.05, 0.1) is 26.4 Å². The molecule has 2 saturated carbocycles. The molecule has 74 heavy (non-hydrogen) atoms. The monoisotopic (exact) mass is 1030 g/mol. The maximum atomic E-state index is 10.3. The number of ether oxygens (including phenoxy) is 4. The van der Waals surface area contributed by atoms with Crippen LogP contribution in [0.3, 0.4) is 0 Å². The van der Waals surface area contributed by atoms with Crippen LogP contribution < -0.4 is 0 Å². The third kappa shape index (κ3) is 17.9. The van der Waals surface area contributed by atoms with Gasteiger partial charge in [0.1, 0.15) is 48.8 Å². The minimum Gasteiger partial charge on any atom is -0.394 e. The van der Waals surface area contributed by atoms with Crippen LogP contribution in [-0.4, -0.2) is 129 Å². The molecule has 412 valence electrons. The van der Waals surface area contributed by atoms with E-state index in [9.17, 15) is 40.9 Å². The Bertz CT molecular complexity index is 2040. The van der Waals surface area contributed by atoms with Crippen molar-refractivity contribution in [2.75, 3.05) is 26.4 Å². The van der Waals surface area contributed by atoms with Crippen LogP contribution in [0, 0.1) is 34.5 Å². The summed E-state index contributed by atoms with van der Waals surface area (Å²) in [5, 5.41) is 79.9. The molecule has 4 aliphatic rings. The van der Waals surface area contributed by atoms with Gasteiger partial charge in [-0.2, -0.15) is 0 Å². The summed E-state index contributed by atoms with van der Waals surface area (Å²) in [5.74, 6) is 1.27. The van der Waals surface area contributed by atoms with E-state index >= 15 is 0 Å². The van der Waals surface area contributed by atoms with Crippen molar-refractivity contribution in [2.45, 2.75) is 169 Å². The Morgan fingerprint density at radius 2 is 0.851 bits per heavy atom. The smallest absolute Gasteiger partial charge is 0.187 e. The van der Waals surface area contributed by atoms with Gasteiger partial charge < -0.3 is 59.8 Å². The van der Waals surface area contributed by atoms with Gasteiger partial charge >= 0.3 is 0 Å². The second kappa shape index (κ2) is 29.6. The van der Waals surface area contributed by atoms with E-state index in [1.54, 1.807) is 0 Å². The Labute approximate surface area is 443 Å². The fraction of sp³-hybridized carbons (Fsp3) is 0.581. The molecule has 0 spiro atoms. The summed E-state index contributed by atoms with van der Waals surface area (Å²) < 4.78 is 22.5. The van der Waals surface area contributed by atoms with E-state index in [-0.39, 0.29) is 35.9 Å². The van der Waals surface area contributed by atoms with Crippen LogP contribution in [0.1, 0.15) is 108 Å². The molecular weight excluding hydrogens is 937 g/mol. The van der Waals surface area contributed by atoms with Crippen LogP contribution in [0.25, 0.3) is 0 Å². The van der Waals surface area contributed by atoms with Crippen molar-refractivity contribution in [1.82, 2.24) is 0 Å². The van der Waals surface area contributed by atoms with Crippen molar-refractivity contribution < 1.29 is 59.8 Å². The average molecular weight is 1030 g/mol. The minimum atomic E-state index is -1.47. The van der Waals surface area contributed by atoms with Crippen molar-refractivity contribution in [3.8, 4) is 0 Å². The second-order valence-corrected chi connectivity index (χ2v) is 22.4. The lowest BCUT2D eigenvalue weighted by Gasteiger charge is -2.45. The molecule has 0 unspecified atom stereocenters. The zero-order valence-corrected chi connectivity index (χ0v) is 46.0. The van der Waals surface area contributed by atoms with Crippen LogP contribution in [0.15, 0.2) is 155 Å². The van der Waals surface area contributed by atoms with Crippen LogP contribution in [0.5, 0.6) is 0 Å². The summed E-state index contributed by atoms with van der Waals surface area (Å²) in [6.07, 6.45) is 27.0. The van der Waals surface area contributed by atoms with Gasteiger partial charge in [-0.05, 0) is 103 Å². The minimum absolute atomic E-state index is 0.0274. The molecule has 4 rings (SSSR count). The fourth-order valence-electron chi connectivity index (χ4n) is 10.4. The van der Waals surface area contributed by atoms with Gasteiger partial charge in [0.2, 0.25) is 0 Å². The van der Waals surface area contributed by atoms with E-state index in [1.165, 1.54) is 11.1 Å². The van der Waals surface area contributed by atoms with E-state index in [0.717, 1.165) is 72.0 Å². The molecule has 8 N–H and O–H groups in total. The van der Waals surface area contributed by atoms with Gasteiger partial charge in [-0.15, -0.1) is 0 Å². The van der Waals surface area contributed by atoms with Crippen molar-refractivity contribution in [2.24, 2.45) is 34.5 Å². The molecule has 2 heterocycles. The Balaban J connectivity index is 1.23. The first-order valence-electron chi connectivity index (χ1n) is 26.5. The van der Waals surface area contributed by atoms with Gasteiger partial charge in [0.25, 0.3) is 0 Å². The fourth-order valence-corrected chi connectivity index (χ4v) is 10.4. The second-order valence-electron chi connectivity index (χ2n) is 22.4. The molecule has 12 nitrogen and oxygen atoms in total. The zero-order valence-electron chi connectivity index (χ0n) is 46.0. The molecule has 0 aromatic heterocycles. The molecule has 0 bridgehead atoms. The first-order valence-corrected chi connectivity index (χ1v) is 26.5. The molecule has 0 amide bonds. The summed E-state index contributed by atoms with van der Waals surface area (Å²) in [5.41, 5.74) is 8.93. The average Bonchev–Trinajstić information content (AvgIpc) is 3.34. The van der Waals surface area contributed by atoms with Crippen molar-refractivity contribution in [3.63, 3.8) is 0 Å². The highest BCUT2D eigenvalue weighted by molar-refractivity contribution is 5.33. The Hall–Kier alpha value is -3.86. The highest BCUT2D eigenvalue weighted by Gasteiger charge is 2.46. The highest BCUT2D eigenvalue weighted by Crippen LogP contribution is 2.51. The molecule has 0 aromatic rings. The molecule has 2 aliphatic carbocycles. The van der Waals surface area contributed by atoms with E-state index in [1.807, 2.05) is 13.8 Å². The molecule has 0 radical (unpaired) electrons. The maximum absolute atomic E-state index is 10.3. The number of allylic oxidation sites excluding steroid dienone is 22. The van der Waals surface area contributed by atoms with E-state index in [2.05, 4.69) is 166 Å². The van der Waals surface area contributed by atoms with Crippen LogP contribution in [-0.2, 0) is 18.9 Å². The number of aliphatic hydroxyl groups is 8. The third-order valence-corrected chi connectivity index (χ3v) is 15.7. The zero-order chi connectivity index (χ0) is 54.9. The molecule has 14 atom stereocenters. The number of rotatable bonds is 22. The van der Waals surface area contributed by atoms with Crippen molar-refractivity contribution >= 4 is 0 Å². The molecule has 4 fully saturated rings. The quantitative estimate of drug-likeness (QED) is 0.0379. The van der Waals surface area contributed by atoms with E-state index in [4.69, 9.17) is 18.9 Å². The summed E-state index contributed by atoms with van der Waals surface area (Å²) in [4.78, 5) is 0. The highest BCUT2D eigenvalue weighted by atomic mass is 16.7. The SMILES string of the molecule is C=C1CC[C@H](C/C=C(\C)CO[C@@H]2O[C@H](CO)[C@@H](O)[C@H](O)[C@H]2O)C(C)(C)[C@@H]1/C=C/C(C)=C/C=C/C(C)=C/C=C/C=C(C)/C=C/C=C(C)/C=C/[C@@H]1C(=C)CC[C@H](C/C=C(\C)CO[C@@H]2O[C@H](CO)[C@@H](O)[C@H](O)[C@H]2O)C1(C)C. The molecule has 12 heteroatoms. The first kappa shape index (κ1) is 62.7. The predicted molar refractivity (Wildman–Crippen MR) is 295 cm³/mol. The van der Waals surface area contributed by atoms with Gasteiger partial charge in [0, 0.05) is 11.8 Å². The summed E-state index contributed by atoms with van der Waals surface area (Å²) in [7, 11) is 0.